The number of nitrogens with zero attached hydrogens (tertiary/aromatic N) is 2. The lowest BCUT2D eigenvalue weighted by Crippen LogP contribution is -2.50. The van der Waals surface area contributed by atoms with Crippen molar-refractivity contribution < 1.29 is 0 Å². The molecule has 2 aliphatic carbocycles. The predicted molar refractivity (Wildman–Crippen MR) is 150 cm³/mol. The molecule has 0 aromatic heterocycles. The first-order chi connectivity index (χ1) is 15.6. The second-order valence-electron chi connectivity index (χ2n) is 9.56. The second kappa shape index (κ2) is 20.3. The normalized spacial score (nSPS) is 20.2. The predicted octanol–water partition coefficient (Wildman–Crippen LogP) is 9.29. The molecule has 1 aliphatic heterocycles. The number of hydrogen-bond acceptors (Lipinski definition) is 2. The van der Waals surface area contributed by atoms with E-state index in [0.717, 1.165) is 16.7 Å². The second-order valence-corrected chi connectivity index (χ2v) is 9.56. The van der Waals surface area contributed by atoms with Crippen LogP contribution in [0.25, 0.3) is 0 Å². The topological polar surface area (TPSA) is 6.48 Å². The Hall–Kier alpha value is -0.0800. The van der Waals surface area contributed by atoms with Crippen molar-refractivity contribution >= 4 is 0 Å². The SMILES string of the molecule is CC.CC.CC.CC.CCCCN(CCC)CC1CC2(CCN(CC3(CC)CC3)CC2)C1. The van der Waals surface area contributed by atoms with Crippen LogP contribution in [-0.4, -0.2) is 49.1 Å². The van der Waals surface area contributed by atoms with Crippen molar-refractivity contribution in [3.8, 4) is 0 Å². The van der Waals surface area contributed by atoms with E-state index in [1.807, 2.05) is 55.4 Å². The van der Waals surface area contributed by atoms with Crippen LogP contribution in [0.5, 0.6) is 0 Å². The zero-order valence-corrected chi connectivity index (χ0v) is 24.8. The highest BCUT2D eigenvalue weighted by molar-refractivity contribution is 5.00. The van der Waals surface area contributed by atoms with Gasteiger partial charge in [0.05, 0.1) is 0 Å². The number of likely N-dealkylation sites (tertiary alicyclic amines) is 1. The van der Waals surface area contributed by atoms with Crippen LogP contribution in [0.2, 0.25) is 0 Å². The molecule has 0 atom stereocenters. The van der Waals surface area contributed by atoms with Gasteiger partial charge >= 0.3 is 0 Å². The molecule has 2 nitrogen and oxygen atoms in total. The Kier molecular flexibility index (Phi) is 21.6. The highest BCUT2D eigenvalue weighted by Gasteiger charge is 2.48. The van der Waals surface area contributed by atoms with E-state index in [1.54, 1.807) is 0 Å². The maximum atomic E-state index is 2.81. The molecular formula is C30H66N2. The van der Waals surface area contributed by atoms with Crippen molar-refractivity contribution in [2.24, 2.45) is 16.7 Å². The molecule has 1 saturated heterocycles. The van der Waals surface area contributed by atoms with E-state index in [4.69, 9.17) is 0 Å². The van der Waals surface area contributed by atoms with Crippen molar-refractivity contribution in [2.45, 2.75) is 140 Å². The minimum Gasteiger partial charge on any atom is -0.303 e. The molecule has 0 amide bonds. The summed E-state index contributed by atoms with van der Waals surface area (Å²) in [5.41, 5.74) is 1.50. The molecule has 1 spiro atoms. The fourth-order valence-corrected chi connectivity index (χ4v) is 5.52. The van der Waals surface area contributed by atoms with Gasteiger partial charge in [-0.15, -0.1) is 0 Å². The van der Waals surface area contributed by atoms with Gasteiger partial charge in [-0.3, -0.25) is 0 Å². The molecular weight excluding hydrogens is 388 g/mol. The van der Waals surface area contributed by atoms with Crippen LogP contribution in [0.4, 0.5) is 0 Å². The number of piperidine rings is 1. The highest BCUT2D eigenvalue weighted by atomic mass is 15.1. The van der Waals surface area contributed by atoms with Gasteiger partial charge in [-0.2, -0.15) is 0 Å². The molecule has 0 aromatic carbocycles. The molecule has 32 heavy (non-hydrogen) atoms. The summed E-state index contributed by atoms with van der Waals surface area (Å²) in [7, 11) is 0. The average Bonchev–Trinajstić information content (AvgIpc) is 3.63. The van der Waals surface area contributed by atoms with E-state index < -0.39 is 0 Å². The largest absolute Gasteiger partial charge is 0.303 e. The van der Waals surface area contributed by atoms with Gasteiger partial charge in [-0.05, 0) is 101 Å². The van der Waals surface area contributed by atoms with Gasteiger partial charge in [-0.25, -0.2) is 0 Å². The number of rotatable bonds is 10. The third-order valence-corrected chi connectivity index (χ3v) is 7.51. The summed E-state index contributed by atoms with van der Waals surface area (Å²) in [6.45, 7) is 31.3. The molecule has 0 radical (unpaired) electrons. The number of hydrogen-bond donors (Lipinski definition) is 0. The lowest BCUT2D eigenvalue weighted by Gasteiger charge is -2.53. The van der Waals surface area contributed by atoms with Crippen molar-refractivity contribution in [3.63, 3.8) is 0 Å². The smallest absolute Gasteiger partial charge is 0.00379 e. The highest BCUT2D eigenvalue weighted by Crippen LogP contribution is 2.54. The van der Waals surface area contributed by atoms with Crippen LogP contribution >= 0.6 is 0 Å². The summed E-state index contributed by atoms with van der Waals surface area (Å²) in [4.78, 5) is 5.56. The van der Waals surface area contributed by atoms with Crippen LogP contribution in [0.1, 0.15) is 140 Å². The van der Waals surface area contributed by atoms with E-state index in [1.165, 1.54) is 103 Å². The summed E-state index contributed by atoms with van der Waals surface area (Å²) in [6.07, 6.45) is 14.5. The summed E-state index contributed by atoms with van der Waals surface area (Å²) < 4.78 is 0. The van der Waals surface area contributed by atoms with E-state index >= 15 is 0 Å². The van der Waals surface area contributed by atoms with Gasteiger partial charge in [0.25, 0.3) is 0 Å². The Labute approximate surface area is 206 Å². The first-order valence-electron chi connectivity index (χ1n) is 15.1. The Balaban J connectivity index is 0. The van der Waals surface area contributed by atoms with Crippen molar-refractivity contribution in [3.05, 3.63) is 0 Å². The molecule has 3 aliphatic rings. The van der Waals surface area contributed by atoms with Gasteiger partial charge < -0.3 is 9.80 Å². The third kappa shape index (κ3) is 11.9. The molecule has 2 heteroatoms. The van der Waals surface area contributed by atoms with Crippen LogP contribution < -0.4 is 0 Å². The van der Waals surface area contributed by atoms with Gasteiger partial charge in [0, 0.05) is 13.1 Å². The summed E-state index contributed by atoms with van der Waals surface area (Å²) >= 11 is 0. The first kappa shape index (κ1) is 34.1. The lowest BCUT2D eigenvalue weighted by atomic mass is 9.57. The zero-order chi connectivity index (χ0) is 25.0. The Morgan fingerprint density at radius 3 is 1.66 bits per heavy atom. The monoisotopic (exact) mass is 455 g/mol. The van der Waals surface area contributed by atoms with Gasteiger partial charge in [0.15, 0.2) is 0 Å². The fraction of sp³-hybridized carbons (Fsp3) is 1.00. The minimum atomic E-state index is 0.743. The molecule has 2 saturated carbocycles. The molecule has 0 bridgehead atoms. The fourth-order valence-electron chi connectivity index (χ4n) is 5.52. The zero-order valence-electron chi connectivity index (χ0n) is 24.8. The van der Waals surface area contributed by atoms with Gasteiger partial charge in [-0.1, -0.05) is 82.6 Å². The molecule has 3 rings (SSSR count). The molecule has 196 valence electrons. The molecule has 1 heterocycles. The Morgan fingerprint density at radius 2 is 1.25 bits per heavy atom. The van der Waals surface area contributed by atoms with E-state index in [-0.39, 0.29) is 0 Å². The Morgan fingerprint density at radius 1 is 0.719 bits per heavy atom. The van der Waals surface area contributed by atoms with Crippen LogP contribution in [0, 0.1) is 16.7 Å². The van der Waals surface area contributed by atoms with Gasteiger partial charge in [0.1, 0.15) is 0 Å². The van der Waals surface area contributed by atoms with Crippen LogP contribution in [-0.2, 0) is 0 Å². The third-order valence-electron chi connectivity index (χ3n) is 7.51. The minimum absolute atomic E-state index is 0.743. The van der Waals surface area contributed by atoms with Gasteiger partial charge in [0.2, 0.25) is 0 Å². The Bertz CT molecular complexity index is 372. The van der Waals surface area contributed by atoms with Crippen LogP contribution in [0.15, 0.2) is 0 Å². The quantitative estimate of drug-likeness (QED) is 0.324. The first-order valence-corrected chi connectivity index (χ1v) is 15.1. The maximum Gasteiger partial charge on any atom is 0.00379 e. The molecule has 0 aromatic rings. The lowest BCUT2D eigenvalue weighted by molar-refractivity contribution is -0.0296. The van der Waals surface area contributed by atoms with E-state index in [9.17, 15) is 0 Å². The van der Waals surface area contributed by atoms with E-state index in [2.05, 4.69) is 30.6 Å². The number of unbranched alkanes of at least 4 members (excludes halogenated alkanes) is 1. The van der Waals surface area contributed by atoms with Crippen LogP contribution in [0.3, 0.4) is 0 Å². The molecule has 0 unspecified atom stereocenters. The summed E-state index contributed by atoms with van der Waals surface area (Å²) in [5, 5.41) is 0. The maximum absolute atomic E-state index is 2.81. The van der Waals surface area contributed by atoms with E-state index in [0.29, 0.717) is 0 Å². The van der Waals surface area contributed by atoms with Crippen molar-refractivity contribution in [1.29, 1.82) is 0 Å². The molecule has 3 fully saturated rings. The summed E-state index contributed by atoms with van der Waals surface area (Å²) in [5.74, 6) is 1.00. The molecule has 0 N–H and O–H groups in total. The standard InChI is InChI=1S/C22H42N2.4C2H6/c1-4-7-13-23(12-5-2)18-20-16-22(17-20)10-14-24(15-11-22)19-21(6-3)8-9-21;4*1-2/h20H,4-19H2,1-3H3;4*1-2H3. The van der Waals surface area contributed by atoms with Crippen molar-refractivity contribution in [2.75, 3.05) is 39.3 Å². The average molecular weight is 455 g/mol. The van der Waals surface area contributed by atoms with Crippen molar-refractivity contribution in [1.82, 2.24) is 9.80 Å². The summed E-state index contributed by atoms with van der Waals surface area (Å²) in [6, 6.07) is 0.